The molecule has 0 atom stereocenters. The molecule has 0 saturated heterocycles. The highest BCUT2D eigenvalue weighted by Crippen LogP contribution is 2.37. The van der Waals surface area contributed by atoms with Crippen molar-refractivity contribution in [2.24, 2.45) is 5.92 Å². The lowest BCUT2D eigenvalue weighted by molar-refractivity contribution is 0.0979. The second-order valence-electron chi connectivity index (χ2n) is 7.15. The molecule has 0 heterocycles. The summed E-state index contributed by atoms with van der Waals surface area (Å²) < 4.78 is 0.679. The maximum atomic E-state index is 13.1. The van der Waals surface area contributed by atoms with E-state index >= 15 is 0 Å². The molecule has 1 fully saturated rings. The molecule has 4 heteroatoms. The Kier molecular flexibility index (Phi) is 4.24. The van der Waals surface area contributed by atoms with Crippen LogP contribution < -0.4 is 5.32 Å². The number of nitrogens with one attached hydrogen (secondary N) is 1. The van der Waals surface area contributed by atoms with Crippen LogP contribution >= 0.6 is 15.9 Å². The molecular weight excluding hydrogens is 378 g/mol. The van der Waals surface area contributed by atoms with E-state index in [1.807, 2.05) is 18.2 Å². The highest BCUT2D eigenvalue weighted by molar-refractivity contribution is 9.10. The van der Waals surface area contributed by atoms with Crippen molar-refractivity contribution in [2.45, 2.75) is 38.6 Å². The number of rotatable bonds is 2. The molecule has 0 amide bonds. The summed E-state index contributed by atoms with van der Waals surface area (Å²) in [6, 6.07) is 11.2. The summed E-state index contributed by atoms with van der Waals surface area (Å²) in [6.07, 6.45) is 4.60. The molecule has 1 N–H and O–H groups in total. The van der Waals surface area contributed by atoms with Crippen molar-refractivity contribution < 1.29 is 9.59 Å². The smallest absolute Gasteiger partial charge is 0.196 e. The summed E-state index contributed by atoms with van der Waals surface area (Å²) in [5.74, 6) is 0.614. The average molecular weight is 398 g/mol. The van der Waals surface area contributed by atoms with Gasteiger partial charge in [-0.3, -0.25) is 9.59 Å². The number of hydrogen-bond acceptors (Lipinski definition) is 3. The fourth-order valence-corrected chi connectivity index (χ4v) is 4.44. The van der Waals surface area contributed by atoms with Gasteiger partial charge in [0.2, 0.25) is 0 Å². The number of anilines is 1. The molecule has 2 aromatic carbocycles. The molecule has 1 saturated carbocycles. The maximum absolute atomic E-state index is 13.1. The van der Waals surface area contributed by atoms with E-state index in [4.69, 9.17) is 0 Å². The van der Waals surface area contributed by atoms with Gasteiger partial charge >= 0.3 is 0 Å². The van der Waals surface area contributed by atoms with E-state index in [2.05, 4.69) is 28.2 Å². The molecule has 4 rings (SSSR count). The van der Waals surface area contributed by atoms with Crippen molar-refractivity contribution in [3.8, 4) is 0 Å². The van der Waals surface area contributed by atoms with Gasteiger partial charge in [0.1, 0.15) is 0 Å². The van der Waals surface area contributed by atoms with Gasteiger partial charge in [-0.05, 0) is 43.7 Å². The van der Waals surface area contributed by atoms with Crippen LogP contribution in [0.2, 0.25) is 0 Å². The maximum Gasteiger partial charge on any atom is 0.196 e. The van der Waals surface area contributed by atoms with Crippen molar-refractivity contribution >= 4 is 33.2 Å². The molecule has 2 aromatic rings. The van der Waals surface area contributed by atoms with Gasteiger partial charge in [0.05, 0.1) is 5.56 Å². The highest BCUT2D eigenvalue weighted by Gasteiger charge is 2.33. The van der Waals surface area contributed by atoms with Crippen molar-refractivity contribution in [2.75, 3.05) is 5.32 Å². The molecule has 0 spiro atoms. The van der Waals surface area contributed by atoms with Crippen LogP contribution in [0.4, 0.5) is 5.69 Å². The predicted octanol–water partition coefficient (Wildman–Crippen LogP) is 5.22. The zero-order valence-electron chi connectivity index (χ0n) is 14.1. The van der Waals surface area contributed by atoms with Crippen LogP contribution in [-0.4, -0.2) is 17.6 Å². The molecule has 0 radical (unpaired) electrons. The number of carbonyl (C=O) groups excluding carboxylic acids is 2. The van der Waals surface area contributed by atoms with Gasteiger partial charge in [-0.15, -0.1) is 0 Å². The summed E-state index contributed by atoms with van der Waals surface area (Å²) in [5.41, 5.74) is 2.77. The summed E-state index contributed by atoms with van der Waals surface area (Å²) in [6.45, 7) is 2.29. The minimum absolute atomic E-state index is 0.0711. The van der Waals surface area contributed by atoms with Gasteiger partial charge < -0.3 is 5.32 Å². The molecule has 0 unspecified atom stereocenters. The van der Waals surface area contributed by atoms with E-state index in [1.165, 1.54) is 12.8 Å². The Labute approximate surface area is 156 Å². The minimum Gasteiger partial charge on any atom is -0.382 e. The van der Waals surface area contributed by atoms with Crippen molar-refractivity contribution in [3.05, 3.63) is 63.1 Å². The fraction of sp³-hybridized carbons (Fsp3) is 0.333. The van der Waals surface area contributed by atoms with Gasteiger partial charge in [0, 0.05) is 32.9 Å². The van der Waals surface area contributed by atoms with E-state index in [9.17, 15) is 9.59 Å². The Bertz CT molecular complexity index is 866. The van der Waals surface area contributed by atoms with Crippen LogP contribution in [0.25, 0.3) is 0 Å². The fourth-order valence-electron chi connectivity index (χ4n) is 3.93. The molecule has 0 aromatic heterocycles. The highest BCUT2D eigenvalue weighted by atomic mass is 79.9. The normalized spacial score (nSPS) is 22.3. The molecule has 2 aliphatic carbocycles. The van der Waals surface area contributed by atoms with Gasteiger partial charge in [0.25, 0.3) is 0 Å². The van der Waals surface area contributed by atoms with Crippen LogP contribution in [0.3, 0.4) is 0 Å². The molecule has 2 aliphatic rings. The second kappa shape index (κ2) is 6.41. The lowest BCUT2D eigenvalue weighted by atomic mass is 9.82. The third kappa shape index (κ3) is 2.82. The summed E-state index contributed by atoms with van der Waals surface area (Å²) in [7, 11) is 0. The van der Waals surface area contributed by atoms with E-state index in [-0.39, 0.29) is 11.6 Å². The first-order valence-electron chi connectivity index (χ1n) is 8.83. The van der Waals surface area contributed by atoms with E-state index in [1.54, 1.807) is 18.2 Å². The Morgan fingerprint density at radius 1 is 0.880 bits per heavy atom. The Hall–Kier alpha value is -1.94. The number of fused-ring (bicyclic) bond motifs is 2. The standard InChI is InChI=1S/C21H20BrNO2/c1-12-6-8-13(9-7-12)23-17-11-10-16(22)18-19(17)21(25)15-5-3-2-4-14(15)20(18)24/h2-5,10-13,23H,6-9H2,1H3. The first-order chi connectivity index (χ1) is 12.1. The minimum atomic E-state index is -0.0852. The first-order valence-corrected chi connectivity index (χ1v) is 9.63. The van der Waals surface area contributed by atoms with E-state index in [0.29, 0.717) is 32.8 Å². The molecule has 128 valence electrons. The Morgan fingerprint density at radius 3 is 2.12 bits per heavy atom. The average Bonchev–Trinajstić information content (AvgIpc) is 2.63. The third-order valence-corrected chi connectivity index (χ3v) is 6.06. The van der Waals surface area contributed by atoms with Gasteiger partial charge in [-0.1, -0.05) is 47.1 Å². The number of halogens is 1. The predicted molar refractivity (Wildman–Crippen MR) is 102 cm³/mol. The molecule has 3 nitrogen and oxygen atoms in total. The third-order valence-electron chi connectivity index (χ3n) is 5.40. The summed E-state index contributed by atoms with van der Waals surface area (Å²) >= 11 is 3.47. The molecular formula is C21H20BrNO2. The molecule has 25 heavy (non-hydrogen) atoms. The Balaban J connectivity index is 1.77. The van der Waals surface area contributed by atoms with Crippen LogP contribution in [0, 0.1) is 5.92 Å². The van der Waals surface area contributed by atoms with Crippen LogP contribution in [0.15, 0.2) is 40.9 Å². The van der Waals surface area contributed by atoms with Crippen molar-refractivity contribution in [3.63, 3.8) is 0 Å². The van der Waals surface area contributed by atoms with Gasteiger partial charge in [-0.25, -0.2) is 0 Å². The summed E-state index contributed by atoms with van der Waals surface area (Å²) in [4.78, 5) is 26.1. The zero-order chi connectivity index (χ0) is 17.6. The molecule has 0 aliphatic heterocycles. The number of carbonyl (C=O) groups is 2. The quantitative estimate of drug-likeness (QED) is 0.644. The number of benzene rings is 2. The number of ketones is 2. The van der Waals surface area contributed by atoms with Crippen molar-refractivity contribution in [1.29, 1.82) is 0 Å². The van der Waals surface area contributed by atoms with Crippen LogP contribution in [0.1, 0.15) is 64.4 Å². The van der Waals surface area contributed by atoms with E-state index in [0.717, 1.165) is 24.4 Å². The number of hydrogen-bond donors (Lipinski definition) is 1. The monoisotopic (exact) mass is 397 g/mol. The van der Waals surface area contributed by atoms with Gasteiger partial charge in [-0.2, -0.15) is 0 Å². The SMILES string of the molecule is CC1CCC(Nc2ccc(Br)c3c2C(=O)c2ccccc2C3=O)CC1. The van der Waals surface area contributed by atoms with Crippen LogP contribution in [0.5, 0.6) is 0 Å². The second-order valence-corrected chi connectivity index (χ2v) is 8.00. The summed E-state index contributed by atoms with van der Waals surface area (Å²) in [5, 5.41) is 3.54. The first kappa shape index (κ1) is 16.5. The van der Waals surface area contributed by atoms with Gasteiger partial charge in [0.15, 0.2) is 11.6 Å². The lowest BCUT2D eigenvalue weighted by Crippen LogP contribution is -2.28. The van der Waals surface area contributed by atoms with Crippen molar-refractivity contribution in [1.82, 2.24) is 0 Å². The van der Waals surface area contributed by atoms with Crippen LogP contribution in [-0.2, 0) is 0 Å². The topological polar surface area (TPSA) is 46.2 Å². The largest absolute Gasteiger partial charge is 0.382 e. The zero-order valence-corrected chi connectivity index (χ0v) is 15.7. The lowest BCUT2D eigenvalue weighted by Gasteiger charge is -2.29. The Morgan fingerprint density at radius 2 is 1.48 bits per heavy atom. The van der Waals surface area contributed by atoms with E-state index < -0.39 is 0 Å². The molecule has 0 bridgehead atoms.